The minimum Gasteiger partial charge on any atom is -0.462 e. The third-order valence-corrected chi connectivity index (χ3v) is 16.2. The fourth-order valence-electron chi connectivity index (χ4n) is 11.9. The Labute approximate surface area is 487 Å². The highest BCUT2D eigenvalue weighted by Crippen LogP contribution is 2.38. The maximum atomic E-state index is 12.8. The van der Waals surface area contributed by atoms with Crippen molar-refractivity contribution in [2.75, 3.05) is 127 Å². The number of likely N-dealkylation sites (tertiary alicyclic amines) is 2. The van der Waals surface area contributed by atoms with Crippen molar-refractivity contribution in [1.29, 1.82) is 0 Å². The van der Waals surface area contributed by atoms with Gasteiger partial charge < -0.3 is 63.3 Å². The van der Waals surface area contributed by atoms with Crippen LogP contribution in [0.15, 0.2) is 18.3 Å². The highest BCUT2D eigenvalue weighted by Gasteiger charge is 2.34. The van der Waals surface area contributed by atoms with Crippen LogP contribution < -0.4 is 29.5 Å². The Morgan fingerprint density at radius 1 is 0.650 bits per heavy atom. The van der Waals surface area contributed by atoms with Gasteiger partial charge in [-0.25, -0.2) is 14.3 Å². The van der Waals surface area contributed by atoms with E-state index < -0.39 is 11.2 Å². The Balaban J connectivity index is 0.000000222. The maximum Gasteiger partial charge on any atom is 0.410 e. The SMILES string of the molecule is CN1CCC[C@H]1COc1nc2c(c(N3CCN(C(=O)OC(C)(C)C)CC3)n1)CCNC2.Cc1ccc2c(cnn2C2CCCCO2)c1N1CCc2c(nc(OC[C@@H]3CCCN3C)nc2N2CCN(C(=O)OC(C)(C)C)CC2)C1.S.S. The molecule has 23 heteroatoms. The van der Waals surface area contributed by atoms with Gasteiger partial charge in [0.05, 0.1) is 35.3 Å². The summed E-state index contributed by atoms with van der Waals surface area (Å²) in [6.07, 6.45) is 11.2. The van der Waals surface area contributed by atoms with Crippen LogP contribution in [0, 0.1) is 6.92 Å². The van der Waals surface area contributed by atoms with Crippen LogP contribution in [-0.4, -0.2) is 197 Å². The third-order valence-electron chi connectivity index (χ3n) is 16.2. The van der Waals surface area contributed by atoms with Gasteiger partial charge in [0.15, 0.2) is 6.23 Å². The zero-order chi connectivity index (χ0) is 54.7. The third kappa shape index (κ3) is 14.6. The number of nitrogens with one attached hydrogen (secondary N) is 1. The Bertz CT molecular complexity index is 2740. The van der Waals surface area contributed by atoms with Crippen molar-refractivity contribution in [3.63, 3.8) is 0 Å². The fraction of sp³-hybridized carbons (Fsp3) is 0.702. The van der Waals surface area contributed by atoms with E-state index in [4.69, 9.17) is 48.7 Å². The van der Waals surface area contributed by atoms with Crippen molar-refractivity contribution < 1.29 is 33.3 Å². The van der Waals surface area contributed by atoms with Crippen molar-refractivity contribution in [3.05, 3.63) is 46.4 Å². The van der Waals surface area contributed by atoms with Crippen molar-refractivity contribution >= 4 is 67.4 Å². The minimum absolute atomic E-state index is 0. The topological polar surface area (TPSA) is 184 Å². The molecule has 1 unspecified atom stereocenters. The van der Waals surface area contributed by atoms with E-state index in [-0.39, 0.29) is 45.4 Å². The van der Waals surface area contributed by atoms with Crippen LogP contribution in [0.25, 0.3) is 10.9 Å². The number of fused-ring (bicyclic) bond motifs is 3. The van der Waals surface area contributed by atoms with Crippen LogP contribution in [0.5, 0.6) is 12.0 Å². The van der Waals surface area contributed by atoms with Gasteiger partial charge in [-0.3, -0.25) is 0 Å². The number of hydrogen-bond donors (Lipinski definition) is 1. The molecular weight excluding hydrogens is 1060 g/mol. The zero-order valence-corrected chi connectivity index (χ0v) is 51.0. The van der Waals surface area contributed by atoms with E-state index in [1.165, 1.54) is 35.2 Å². The Kier molecular flexibility index (Phi) is 20.2. The number of carbonyl (C=O) groups excluding carboxylic acids is 2. The quantitative estimate of drug-likeness (QED) is 0.175. The van der Waals surface area contributed by atoms with Gasteiger partial charge in [0.2, 0.25) is 0 Å². The first-order chi connectivity index (χ1) is 37.4. The number of nitrogens with zero attached hydrogens (tertiary/aromatic N) is 13. The predicted molar refractivity (Wildman–Crippen MR) is 321 cm³/mol. The van der Waals surface area contributed by atoms with Gasteiger partial charge in [-0.2, -0.15) is 52.0 Å². The van der Waals surface area contributed by atoms with Crippen LogP contribution in [0.4, 0.5) is 26.9 Å². The zero-order valence-electron chi connectivity index (χ0n) is 49.0. The Morgan fingerprint density at radius 3 is 1.71 bits per heavy atom. The number of anilines is 3. The second-order valence-electron chi connectivity index (χ2n) is 24.3. The molecule has 7 aliphatic rings. The molecule has 11 rings (SSSR count). The molecule has 442 valence electrons. The number of amides is 2. The Morgan fingerprint density at radius 2 is 1.20 bits per heavy atom. The number of hydrogen-bond acceptors (Lipinski definition) is 18. The van der Waals surface area contributed by atoms with Crippen LogP contribution in [-0.2, 0) is 40.1 Å². The largest absolute Gasteiger partial charge is 0.462 e. The summed E-state index contributed by atoms with van der Waals surface area (Å²) >= 11 is 0. The molecule has 0 spiro atoms. The lowest BCUT2D eigenvalue weighted by atomic mass is 10.0. The average Bonchev–Trinajstić information content (AvgIpc) is 4.19. The van der Waals surface area contributed by atoms with Gasteiger partial charge in [0, 0.05) is 101 Å². The molecule has 3 aromatic heterocycles. The summed E-state index contributed by atoms with van der Waals surface area (Å²) in [6, 6.07) is 6.09. The summed E-state index contributed by atoms with van der Waals surface area (Å²) < 4.78 is 31.8. The van der Waals surface area contributed by atoms with Gasteiger partial charge >= 0.3 is 24.2 Å². The molecule has 5 saturated heterocycles. The van der Waals surface area contributed by atoms with Crippen LogP contribution >= 0.6 is 27.0 Å². The van der Waals surface area contributed by atoms with E-state index in [1.54, 1.807) is 9.80 Å². The van der Waals surface area contributed by atoms with Gasteiger partial charge in [-0.15, -0.1) is 0 Å². The van der Waals surface area contributed by atoms with Crippen molar-refractivity contribution in [2.45, 2.75) is 149 Å². The molecule has 0 saturated carbocycles. The first kappa shape index (κ1) is 61.0. The van der Waals surface area contributed by atoms with Gasteiger partial charge in [0.1, 0.15) is 36.1 Å². The van der Waals surface area contributed by atoms with Crippen molar-refractivity contribution in [3.8, 4) is 12.0 Å². The second-order valence-corrected chi connectivity index (χ2v) is 24.3. The molecule has 2 amide bonds. The lowest BCUT2D eigenvalue weighted by Crippen LogP contribution is -2.50. The van der Waals surface area contributed by atoms with Crippen molar-refractivity contribution in [1.82, 2.24) is 54.6 Å². The maximum absolute atomic E-state index is 12.8. The summed E-state index contributed by atoms with van der Waals surface area (Å²) in [7, 11) is 4.31. The van der Waals surface area contributed by atoms with Crippen molar-refractivity contribution in [2.24, 2.45) is 0 Å². The van der Waals surface area contributed by atoms with E-state index >= 15 is 0 Å². The van der Waals surface area contributed by atoms with Gasteiger partial charge in [-0.05, 0) is 152 Å². The first-order valence-corrected chi connectivity index (χ1v) is 28.9. The van der Waals surface area contributed by atoms with Gasteiger partial charge in [0.25, 0.3) is 0 Å². The molecular formula is C57H90N14O7S2. The lowest BCUT2D eigenvalue weighted by Gasteiger charge is -2.38. The minimum atomic E-state index is -0.517. The number of aryl methyl sites for hydroxylation is 1. The molecule has 7 aliphatic heterocycles. The molecule has 1 aromatic carbocycles. The van der Waals surface area contributed by atoms with E-state index in [0.717, 1.165) is 131 Å². The predicted octanol–water partition coefficient (Wildman–Crippen LogP) is 6.80. The highest BCUT2D eigenvalue weighted by atomic mass is 32.1. The summed E-state index contributed by atoms with van der Waals surface area (Å²) in [5, 5.41) is 9.38. The second kappa shape index (κ2) is 26.4. The molecule has 4 aromatic rings. The molecule has 1 N–H and O–H groups in total. The number of likely N-dealkylation sites (N-methyl/N-ethyl adjacent to an activating group) is 2. The highest BCUT2D eigenvalue weighted by molar-refractivity contribution is 7.59. The number of benzene rings is 1. The lowest BCUT2D eigenvalue weighted by molar-refractivity contribution is -0.0366. The summed E-state index contributed by atoms with van der Waals surface area (Å²) in [5.74, 6) is 1.90. The van der Waals surface area contributed by atoms with Crippen LogP contribution in [0.2, 0.25) is 0 Å². The van der Waals surface area contributed by atoms with E-state index in [2.05, 4.69) is 67.6 Å². The number of aromatic nitrogens is 6. The van der Waals surface area contributed by atoms with E-state index in [0.29, 0.717) is 83.1 Å². The first-order valence-electron chi connectivity index (χ1n) is 28.9. The molecule has 10 heterocycles. The molecule has 80 heavy (non-hydrogen) atoms. The number of rotatable bonds is 10. The molecule has 5 fully saturated rings. The van der Waals surface area contributed by atoms with Crippen LogP contribution in [0.1, 0.15) is 121 Å². The fourth-order valence-corrected chi connectivity index (χ4v) is 11.9. The monoisotopic (exact) mass is 1150 g/mol. The van der Waals surface area contributed by atoms with E-state index in [1.807, 2.05) is 47.7 Å². The molecule has 3 atom stereocenters. The molecule has 21 nitrogen and oxygen atoms in total. The normalized spacial score (nSPS) is 21.9. The van der Waals surface area contributed by atoms with Gasteiger partial charge in [-0.1, -0.05) is 6.07 Å². The van der Waals surface area contributed by atoms with Crippen LogP contribution in [0.3, 0.4) is 0 Å². The molecule has 0 radical (unpaired) electrons. The number of ether oxygens (including phenoxy) is 5. The standard InChI is InChI=1S/C35H50N8O4.C22H36N6O3.2H2S/c1-24-11-12-29-27(21-36-43(29)30-10-6-7-20-45-30)31(24)42-15-13-26-28(22-42)37-33(46-23-25-9-8-14-39(25)5)38-32(26)40-16-18-41(19-17-40)34(44)47-35(2,3)4;1-22(2,3)31-21(29)28-12-10-27(11-13-28)19-17-7-8-23-14-18(17)24-20(25-19)30-15-16-6-5-9-26(16)4;;/h11-12,21,25,30H,6-10,13-20,22-23H2,1-5H3;16,23H,5-15H2,1-4H3;2*1H2/t25-,30?;16-;;/m00../s1. The Hall–Kier alpha value is -5.07. The molecule has 0 aliphatic carbocycles. The van der Waals surface area contributed by atoms with E-state index in [9.17, 15) is 9.59 Å². The summed E-state index contributed by atoms with van der Waals surface area (Å²) in [5.41, 5.74) is 6.95. The summed E-state index contributed by atoms with van der Waals surface area (Å²) in [6.45, 7) is 26.2. The summed E-state index contributed by atoms with van der Waals surface area (Å²) in [4.78, 5) is 60.1. The molecule has 0 bridgehead atoms. The number of carbonyl (C=O) groups is 2. The smallest absolute Gasteiger partial charge is 0.410 e. The number of piperazine rings is 2. The average molecular weight is 1150 g/mol.